The van der Waals surface area contributed by atoms with E-state index >= 15 is 0 Å². The van der Waals surface area contributed by atoms with Crippen molar-refractivity contribution in [3.05, 3.63) is 36.0 Å². The van der Waals surface area contributed by atoms with Crippen LogP contribution >= 0.6 is 0 Å². The number of carboxylic acid groups (broad SMARTS) is 1. The number of allylic oxidation sites excluding steroid dienone is 2. The van der Waals surface area contributed by atoms with E-state index in [1.165, 1.54) is 5.57 Å². The number of hydrogen-bond acceptors (Lipinski definition) is 2. The summed E-state index contributed by atoms with van der Waals surface area (Å²) in [4.78, 5) is 11.0. The lowest BCUT2D eigenvalue weighted by atomic mass is 9.86. The molecule has 0 bridgehead atoms. The molecular formula is C16H17NO3. The fraction of sp³-hybridized carbons (Fsp3) is 0.312. The third kappa shape index (κ3) is 2.07. The summed E-state index contributed by atoms with van der Waals surface area (Å²) in [5.74, 6) is -0.699. The maximum Gasteiger partial charge on any atom is 0.306 e. The third-order valence-corrected chi connectivity index (χ3v) is 4.08. The van der Waals surface area contributed by atoms with Crippen molar-refractivity contribution in [1.82, 2.24) is 4.57 Å². The third-order valence-electron chi connectivity index (χ3n) is 4.08. The Morgan fingerprint density at radius 2 is 2.20 bits per heavy atom. The molecule has 1 aliphatic rings. The molecule has 4 nitrogen and oxygen atoms in total. The average Bonchev–Trinajstić information content (AvgIpc) is 2.76. The minimum absolute atomic E-state index is 0.252. The van der Waals surface area contributed by atoms with Gasteiger partial charge in [-0.1, -0.05) is 6.08 Å². The van der Waals surface area contributed by atoms with E-state index in [-0.39, 0.29) is 11.7 Å². The van der Waals surface area contributed by atoms with Gasteiger partial charge in [0.15, 0.2) is 0 Å². The Morgan fingerprint density at radius 3 is 2.85 bits per heavy atom. The van der Waals surface area contributed by atoms with Crippen molar-refractivity contribution in [2.75, 3.05) is 0 Å². The summed E-state index contributed by atoms with van der Waals surface area (Å²) < 4.78 is 1.99. The maximum absolute atomic E-state index is 11.0. The Labute approximate surface area is 117 Å². The van der Waals surface area contributed by atoms with Gasteiger partial charge in [0.25, 0.3) is 0 Å². The van der Waals surface area contributed by atoms with E-state index in [1.807, 2.05) is 23.8 Å². The summed E-state index contributed by atoms with van der Waals surface area (Å²) in [5, 5.41) is 19.7. The lowest BCUT2D eigenvalue weighted by molar-refractivity contribution is -0.141. The van der Waals surface area contributed by atoms with Crippen molar-refractivity contribution in [1.29, 1.82) is 0 Å². The monoisotopic (exact) mass is 271 g/mol. The second-order valence-electron chi connectivity index (χ2n) is 5.39. The highest BCUT2D eigenvalue weighted by atomic mass is 16.4. The van der Waals surface area contributed by atoms with Crippen LogP contribution in [0.25, 0.3) is 16.5 Å². The molecule has 2 aromatic rings. The number of nitrogens with zero attached hydrogens (tertiary/aromatic N) is 1. The van der Waals surface area contributed by atoms with Gasteiger partial charge in [-0.15, -0.1) is 0 Å². The number of hydrogen-bond donors (Lipinski definition) is 2. The molecule has 0 fully saturated rings. The van der Waals surface area contributed by atoms with Crippen molar-refractivity contribution >= 4 is 22.4 Å². The largest absolute Gasteiger partial charge is 0.508 e. The number of phenolic OH excluding ortho intramolecular Hbond substituents is 1. The first-order valence-electron chi connectivity index (χ1n) is 6.76. The number of aryl methyl sites for hydroxylation is 1. The first kappa shape index (κ1) is 12.8. The fourth-order valence-corrected chi connectivity index (χ4v) is 2.93. The van der Waals surface area contributed by atoms with Crippen LogP contribution in [0.4, 0.5) is 0 Å². The van der Waals surface area contributed by atoms with E-state index in [4.69, 9.17) is 5.11 Å². The van der Waals surface area contributed by atoms with E-state index in [0.29, 0.717) is 12.8 Å². The van der Waals surface area contributed by atoms with Crippen LogP contribution in [-0.4, -0.2) is 20.7 Å². The maximum atomic E-state index is 11.0. The van der Waals surface area contributed by atoms with E-state index < -0.39 is 5.97 Å². The van der Waals surface area contributed by atoms with Gasteiger partial charge in [0.05, 0.1) is 11.4 Å². The van der Waals surface area contributed by atoms with Gasteiger partial charge in [0, 0.05) is 30.3 Å². The van der Waals surface area contributed by atoms with Crippen LogP contribution in [0.5, 0.6) is 5.75 Å². The van der Waals surface area contributed by atoms with Crippen molar-refractivity contribution in [3.8, 4) is 5.75 Å². The molecule has 0 aliphatic heterocycles. The van der Waals surface area contributed by atoms with Gasteiger partial charge in [-0.05, 0) is 37.0 Å². The molecule has 4 heteroatoms. The van der Waals surface area contributed by atoms with Crippen LogP contribution in [0.2, 0.25) is 0 Å². The highest BCUT2D eigenvalue weighted by Gasteiger charge is 2.22. The summed E-state index contributed by atoms with van der Waals surface area (Å²) in [7, 11) is 1.95. The van der Waals surface area contributed by atoms with Crippen LogP contribution in [0.15, 0.2) is 30.5 Å². The SMILES string of the molecule is Cn1cc(C2=CCC(C(=O)O)CC2)c2ccc(O)cc21. The highest BCUT2D eigenvalue weighted by Crippen LogP contribution is 2.35. The fourth-order valence-electron chi connectivity index (χ4n) is 2.93. The van der Waals surface area contributed by atoms with Gasteiger partial charge in [0.1, 0.15) is 5.75 Å². The number of carboxylic acids is 1. The molecule has 1 atom stereocenters. The number of rotatable bonds is 2. The number of benzene rings is 1. The summed E-state index contributed by atoms with van der Waals surface area (Å²) in [6, 6.07) is 5.36. The second-order valence-corrected chi connectivity index (χ2v) is 5.39. The van der Waals surface area contributed by atoms with Gasteiger partial charge >= 0.3 is 5.97 Å². The summed E-state index contributed by atoms with van der Waals surface area (Å²) in [6.45, 7) is 0. The smallest absolute Gasteiger partial charge is 0.306 e. The predicted octanol–water partition coefficient (Wildman–Crippen LogP) is 3.15. The van der Waals surface area contributed by atoms with Crippen molar-refractivity contribution in [2.45, 2.75) is 19.3 Å². The van der Waals surface area contributed by atoms with Gasteiger partial charge < -0.3 is 14.8 Å². The number of aromatic nitrogens is 1. The molecule has 0 amide bonds. The Morgan fingerprint density at radius 1 is 1.40 bits per heavy atom. The molecule has 1 heterocycles. The second kappa shape index (κ2) is 4.71. The number of aliphatic carboxylic acids is 1. The molecule has 1 aromatic carbocycles. The summed E-state index contributed by atoms with van der Waals surface area (Å²) in [5.41, 5.74) is 3.34. The van der Waals surface area contributed by atoms with Gasteiger partial charge in [-0.2, -0.15) is 0 Å². The lowest BCUT2D eigenvalue weighted by Crippen LogP contribution is -2.15. The van der Waals surface area contributed by atoms with E-state index in [1.54, 1.807) is 12.1 Å². The Hall–Kier alpha value is -2.23. The molecule has 1 unspecified atom stereocenters. The van der Waals surface area contributed by atoms with Crippen molar-refractivity contribution in [2.24, 2.45) is 13.0 Å². The molecule has 0 saturated carbocycles. The minimum Gasteiger partial charge on any atom is -0.508 e. The van der Waals surface area contributed by atoms with Crippen LogP contribution in [0, 0.1) is 5.92 Å². The first-order chi connectivity index (χ1) is 9.56. The van der Waals surface area contributed by atoms with E-state index in [9.17, 15) is 9.90 Å². The molecule has 0 spiro atoms. The zero-order valence-corrected chi connectivity index (χ0v) is 11.3. The lowest BCUT2D eigenvalue weighted by Gasteiger charge is -2.18. The standard InChI is InChI=1S/C16H17NO3/c1-17-9-14(13-7-6-12(18)8-15(13)17)10-2-4-11(5-3-10)16(19)20/h2,6-9,11,18H,3-5H2,1H3,(H,19,20). The molecule has 104 valence electrons. The predicted molar refractivity (Wildman–Crippen MR) is 77.5 cm³/mol. The molecular weight excluding hydrogens is 254 g/mol. The minimum atomic E-state index is -0.705. The Bertz CT molecular complexity index is 712. The number of fused-ring (bicyclic) bond motifs is 1. The molecule has 0 radical (unpaired) electrons. The van der Waals surface area contributed by atoms with E-state index in [2.05, 4.69) is 6.20 Å². The number of phenols is 1. The Balaban J connectivity index is 2.01. The van der Waals surface area contributed by atoms with E-state index in [0.717, 1.165) is 22.9 Å². The van der Waals surface area contributed by atoms with Crippen LogP contribution in [-0.2, 0) is 11.8 Å². The molecule has 3 rings (SSSR count). The summed E-state index contributed by atoms with van der Waals surface area (Å²) >= 11 is 0. The van der Waals surface area contributed by atoms with Crippen molar-refractivity contribution in [3.63, 3.8) is 0 Å². The average molecular weight is 271 g/mol. The normalized spacial score (nSPS) is 19.1. The highest BCUT2D eigenvalue weighted by molar-refractivity contribution is 5.94. The first-order valence-corrected chi connectivity index (χ1v) is 6.76. The van der Waals surface area contributed by atoms with Crippen molar-refractivity contribution < 1.29 is 15.0 Å². The molecule has 2 N–H and O–H groups in total. The Kier molecular flexibility index (Phi) is 3.01. The molecule has 0 saturated heterocycles. The topological polar surface area (TPSA) is 62.5 Å². The number of aromatic hydroxyl groups is 1. The summed E-state index contributed by atoms with van der Waals surface area (Å²) in [6.07, 6.45) is 6.17. The number of carbonyl (C=O) groups is 1. The van der Waals surface area contributed by atoms with Crippen LogP contribution in [0.1, 0.15) is 24.8 Å². The van der Waals surface area contributed by atoms with Crippen LogP contribution < -0.4 is 0 Å². The zero-order valence-electron chi connectivity index (χ0n) is 11.3. The van der Waals surface area contributed by atoms with Gasteiger partial charge in [-0.3, -0.25) is 4.79 Å². The van der Waals surface area contributed by atoms with Gasteiger partial charge in [-0.25, -0.2) is 0 Å². The quantitative estimate of drug-likeness (QED) is 0.882. The van der Waals surface area contributed by atoms with Gasteiger partial charge in [0.2, 0.25) is 0 Å². The molecule has 1 aliphatic carbocycles. The molecule has 20 heavy (non-hydrogen) atoms. The van der Waals surface area contributed by atoms with Crippen LogP contribution in [0.3, 0.4) is 0 Å². The molecule has 1 aromatic heterocycles. The zero-order chi connectivity index (χ0) is 14.3.